The van der Waals surface area contributed by atoms with Gasteiger partial charge in [-0.15, -0.1) is 45.3 Å². The molecule has 16 aliphatic rings. The molecule has 16 saturated carbocycles. The number of ether oxygens (including phenoxy) is 1. The molecule has 0 saturated heterocycles. The molecule has 4 heterocycles. The summed E-state index contributed by atoms with van der Waals surface area (Å²) in [7, 11) is 1.71. The van der Waals surface area contributed by atoms with Crippen molar-refractivity contribution in [3.8, 4) is 0 Å². The maximum atomic E-state index is 13.4. The first kappa shape index (κ1) is 87.2. The van der Waals surface area contributed by atoms with Gasteiger partial charge in [0, 0.05) is 76.0 Å². The van der Waals surface area contributed by atoms with Gasteiger partial charge in [-0.05, 0) is 430 Å². The van der Waals surface area contributed by atoms with Crippen molar-refractivity contribution in [2.45, 2.75) is 333 Å². The van der Waals surface area contributed by atoms with Crippen LogP contribution in [0.15, 0.2) is 70.1 Å². The number of hydrogen-bond donors (Lipinski definition) is 4. The average molecular weight is 1700 g/mol. The van der Waals surface area contributed by atoms with E-state index in [-0.39, 0.29) is 69.7 Å². The van der Waals surface area contributed by atoms with Crippen molar-refractivity contribution in [2.75, 3.05) is 13.7 Å². The Balaban J connectivity index is 0.000000113. The first-order valence-corrected chi connectivity index (χ1v) is 51.5. The molecule has 0 aliphatic heterocycles. The van der Waals surface area contributed by atoms with Crippen LogP contribution in [0.3, 0.4) is 0 Å². The molecule has 0 bridgehead atoms. The van der Waals surface area contributed by atoms with Gasteiger partial charge in [0.25, 0.3) is 0 Å². The number of thiophene rings is 4. The van der Waals surface area contributed by atoms with E-state index in [0.717, 1.165) is 197 Å². The first-order chi connectivity index (χ1) is 56.4. The van der Waals surface area contributed by atoms with Crippen molar-refractivity contribution in [1.29, 1.82) is 0 Å². The molecule has 0 unspecified atom stereocenters. The third-order valence-electron chi connectivity index (χ3n) is 39.3. The first-order valence-electron chi connectivity index (χ1n) is 48.0. The Bertz CT molecular complexity index is 4080. The van der Waals surface area contributed by atoms with Crippen LogP contribution in [-0.2, 0) is 49.6 Å². The van der Waals surface area contributed by atoms with E-state index in [1.54, 1.807) is 52.5 Å². The van der Waals surface area contributed by atoms with Gasteiger partial charge in [-0.2, -0.15) is 13.2 Å². The van der Waals surface area contributed by atoms with Crippen molar-refractivity contribution in [1.82, 2.24) is 0 Å². The highest BCUT2D eigenvalue weighted by atomic mass is 32.1. The summed E-state index contributed by atoms with van der Waals surface area (Å²) < 4.78 is 45.6. The summed E-state index contributed by atoms with van der Waals surface area (Å²) in [6.07, 6.45) is 37.2. The maximum Gasteiger partial charge on any atom is 0.417 e. The fraction of sp³-hybridized carbons (Fsp3) is 0.804. The monoisotopic (exact) mass is 1700 g/mol. The van der Waals surface area contributed by atoms with Crippen LogP contribution in [-0.4, -0.2) is 85.9 Å². The number of ketones is 4. The number of carbonyl (C=O) groups excluding carboxylic acids is 4. The predicted molar refractivity (Wildman–Crippen MR) is 468 cm³/mol. The molecule has 16 heteroatoms. The molecule has 0 aromatic carbocycles. The number of hydrogen-bond acceptors (Lipinski definition) is 13. The highest BCUT2D eigenvalue weighted by Crippen LogP contribution is 2.71. The summed E-state index contributed by atoms with van der Waals surface area (Å²) in [6.45, 7) is 14.4. The molecular weight excluding hydrogens is 1550 g/mol. The lowest BCUT2D eigenvalue weighted by Crippen LogP contribution is -2.55. The molecule has 652 valence electrons. The van der Waals surface area contributed by atoms with Crippen molar-refractivity contribution < 1.29 is 57.5 Å². The van der Waals surface area contributed by atoms with E-state index < -0.39 is 23.0 Å². The second kappa shape index (κ2) is 34.3. The van der Waals surface area contributed by atoms with Crippen LogP contribution in [0.4, 0.5) is 13.2 Å². The second-order valence-electron chi connectivity index (χ2n) is 44.6. The van der Waals surface area contributed by atoms with E-state index in [4.69, 9.17) is 4.74 Å². The molecule has 4 N–H and O–H groups in total. The van der Waals surface area contributed by atoms with Crippen LogP contribution in [0.2, 0.25) is 0 Å². The number of Topliss-reactive ketones (excluding diaryl/α,β-unsaturated/α-hetero) is 4. The zero-order chi connectivity index (χ0) is 82.7. The van der Waals surface area contributed by atoms with E-state index >= 15 is 0 Å². The van der Waals surface area contributed by atoms with Crippen LogP contribution in [0.1, 0.15) is 299 Å². The van der Waals surface area contributed by atoms with Crippen LogP contribution >= 0.6 is 45.3 Å². The fourth-order valence-electron chi connectivity index (χ4n) is 33.8. The third-order valence-corrected chi connectivity index (χ3v) is 42.8. The lowest BCUT2D eigenvalue weighted by atomic mass is 9.48. The van der Waals surface area contributed by atoms with Gasteiger partial charge in [0.2, 0.25) is 0 Å². The van der Waals surface area contributed by atoms with E-state index in [1.807, 2.05) is 24.4 Å². The quantitative estimate of drug-likeness (QED) is 0.0909. The highest BCUT2D eigenvalue weighted by Gasteiger charge is 2.66. The van der Waals surface area contributed by atoms with E-state index in [0.29, 0.717) is 91.4 Å². The predicted octanol–water partition coefficient (Wildman–Crippen LogP) is 24.1. The smallest absolute Gasteiger partial charge is 0.390 e. The Morgan fingerprint density at radius 2 is 0.644 bits per heavy atom. The minimum Gasteiger partial charge on any atom is -0.390 e. The number of carbonyl (C=O) groups is 4. The summed E-state index contributed by atoms with van der Waals surface area (Å²) in [6, 6.07) is 16.6. The molecule has 118 heavy (non-hydrogen) atoms. The zero-order valence-corrected chi connectivity index (χ0v) is 75.8. The Hall–Kier alpha value is -2.93. The lowest BCUT2D eigenvalue weighted by molar-refractivity contribution is -0.282. The van der Waals surface area contributed by atoms with Crippen LogP contribution in [0.25, 0.3) is 0 Å². The normalized spacial score (nSPS) is 46.2. The zero-order valence-electron chi connectivity index (χ0n) is 72.6. The average Bonchev–Trinajstić information content (AvgIpc) is 1.49. The maximum absolute atomic E-state index is 13.4. The number of methoxy groups -OCH3 is 1. The fourth-order valence-corrected chi connectivity index (χ4v) is 36.7. The van der Waals surface area contributed by atoms with E-state index in [1.165, 1.54) is 124 Å². The summed E-state index contributed by atoms with van der Waals surface area (Å²) in [5.74, 6) is 16.6. The molecule has 4 aromatic rings. The van der Waals surface area contributed by atoms with Gasteiger partial charge in [0.05, 0.1) is 23.4 Å². The summed E-state index contributed by atoms with van der Waals surface area (Å²) >= 11 is 6.83. The molecule has 0 radical (unpaired) electrons. The molecule has 20 rings (SSSR count). The highest BCUT2D eigenvalue weighted by molar-refractivity contribution is 7.10. The van der Waals surface area contributed by atoms with Crippen molar-refractivity contribution >= 4 is 68.5 Å². The van der Waals surface area contributed by atoms with Gasteiger partial charge in [-0.3, -0.25) is 19.2 Å². The second-order valence-corrected chi connectivity index (χ2v) is 48.7. The Kier molecular flexibility index (Phi) is 25.4. The van der Waals surface area contributed by atoms with E-state index in [9.17, 15) is 52.8 Å². The molecule has 32 atom stereocenters. The molecule has 16 aliphatic carbocycles. The number of rotatable bonds is 15. The number of fused-ring (bicyclic) bond motifs is 20. The topological polar surface area (TPSA) is 158 Å². The summed E-state index contributed by atoms with van der Waals surface area (Å²) in [5.41, 5.74) is -3.16. The molecule has 0 spiro atoms. The third kappa shape index (κ3) is 16.5. The van der Waals surface area contributed by atoms with E-state index in [2.05, 4.69) is 87.2 Å². The number of halogens is 3. The molecule has 16 fully saturated rings. The van der Waals surface area contributed by atoms with Gasteiger partial charge in [0.15, 0.2) is 5.60 Å². The standard InChI is InChI=1S/C26H38O3S.C26H38O2S.C25H33F3O2S.C25H36O2S/c1-25-11-9-20-19-10-12-26(28,16-29-2)15-17(19)5-6-21(20)22(25)7-8-23(25)24(27)14-18-4-3-13-30-18;1-3-26(28)13-11-19-17(16-26)6-7-21-20(19)10-12-25(2)22(21)8-9-23(25)24(27)15-18-5-4-14-29-18;1-23-10-8-18-17-9-11-24(30,25(26,27)28)14-15(17)4-5-19(18)20(23)6-7-21(23)22(29)13-16-3-2-12-31-16;1-24(27)11-9-18-16(15-24)5-6-20-19(18)10-12-25(2)21(20)7-8-22(25)23(26)14-17-4-3-13-28-17/h3-4,13,17,19-23,28H,5-12,14-16H2,1-2H3;4-5,14,17,19-23,28H,3,6-13,15-16H2,1-2H3;2-3,12,15,17-21,30H,4-11,13-14H2,1H3;3-4,13,16,18-22,27H,5-12,14-15H2,1-2H3/t2*17-,19-,20+,21+,22-,23+,25-,26+;15-,17-,18+,19+,20-,21+,23-,24+;16-,18-,19+,20+,21-,22+,24+,25-/m0000/s1. The Labute approximate surface area is 721 Å². The van der Waals surface area contributed by atoms with Crippen molar-refractivity contribution in [3.05, 3.63) is 89.6 Å². The molecule has 9 nitrogen and oxygen atoms in total. The van der Waals surface area contributed by atoms with Gasteiger partial charge < -0.3 is 25.2 Å². The molecule has 4 aromatic heterocycles. The minimum atomic E-state index is -4.53. The van der Waals surface area contributed by atoms with Crippen molar-refractivity contribution in [2.24, 2.45) is 164 Å². The number of alkyl halides is 3. The van der Waals surface area contributed by atoms with Crippen LogP contribution < -0.4 is 0 Å². The van der Waals surface area contributed by atoms with Crippen molar-refractivity contribution in [3.63, 3.8) is 0 Å². The van der Waals surface area contributed by atoms with Crippen LogP contribution in [0.5, 0.6) is 0 Å². The minimum absolute atomic E-state index is 0.0105. The number of aliphatic hydroxyl groups is 4. The molecular formula is C102H145F3O9S4. The Morgan fingerprint density at radius 3 is 0.949 bits per heavy atom. The Morgan fingerprint density at radius 1 is 0.356 bits per heavy atom. The summed E-state index contributed by atoms with van der Waals surface area (Å²) in [4.78, 5) is 57.8. The molecule has 0 amide bonds. The van der Waals surface area contributed by atoms with Gasteiger partial charge in [-0.1, -0.05) is 58.9 Å². The lowest BCUT2D eigenvalue weighted by Gasteiger charge is -2.57. The summed E-state index contributed by atoms with van der Waals surface area (Å²) in [5, 5.41) is 50.9. The van der Waals surface area contributed by atoms with Gasteiger partial charge in [-0.25, -0.2) is 0 Å². The SMILES string of the molecule is CC[C@@]1(O)CC[C@H]2[C@@H](CC[C@@H]3[C@@H]2CC[C@]2(C)[C@@H](C(=O)Cc4cccs4)CC[C@@H]32)C1.COC[C@@]1(O)CC[C@H]2[C@@H](CC[C@@H]3[C@@H]2CC[C@]2(C)[C@@H](C(=O)Cc4cccs4)CC[C@@H]32)C1.C[C@@]1(O)CC[C@H]2[C@@H](CC[C@@H]3[C@@H]2CC[C@]2(C)[C@@H](C(=O)Cc4cccs4)CC[C@@H]32)C1.C[C@]12CC[C@H]3[C@@H](CC[C@H]4C[C@@](O)(C(F)(F)F)CC[C@@H]43)[C@@H]1CC[C@@H]2C(=O)Cc1cccs1. The van der Waals surface area contributed by atoms with Gasteiger partial charge in [0.1, 0.15) is 23.1 Å². The van der Waals surface area contributed by atoms with Gasteiger partial charge >= 0.3 is 6.18 Å². The van der Waals surface area contributed by atoms with Crippen LogP contribution in [0, 0.1) is 164 Å². The largest absolute Gasteiger partial charge is 0.417 e.